The maximum atomic E-state index is 12.5. The van der Waals surface area contributed by atoms with Crippen molar-refractivity contribution in [3.63, 3.8) is 0 Å². The van der Waals surface area contributed by atoms with Crippen LogP contribution in [0.1, 0.15) is 30.9 Å². The van der Waals surface area contributed by atoms with Crippen LogP contribution in [0.3, 0.4) is 0 Å². The first-order valence-electron chi connectivity index (χ1n) is 8.38. The zero-order valence-electron chi connectivity index (χ0n) is 15.5. The summed E-state index contributed by atoms with van der Waals surface area (Å²) in [6, 6.07) is 15.1. The average molecular weight is 349 g/mol. The van der Waals surface area contributed by atoms with Crippen molar-refractivity contribution in [2.24, 2.45) is 0 Å². The Morgan fingerprint density at radius 1 is 1.23 bits per heavy atom. The lowest BCUT2D eigenvalue weighted by molar-refractivity contribution is -0.112. The van der Waals surface area contributed by atoms with Crippen molar-refractivity contribution in [3.8, 4) is 11.8 Å². The van der Waals surface area contributed by atoms with Gasteiger partial charge in [0.25, 0.3) is 5.91 Å². The Labute approximate surface area is 154 Å². The predicted octanol–water partition coefficient (Wildman–Crippen LogP) is 4.59. The van der Waals surface area contributed by atoms with Crippen LogP contribution in [0.2, 0.25) is 0 Å². The van der Waals surface area contributed by atoms with Crippen LogP contribution in [-0.4, -0.2) is 13.0 Å². The van der Waals surface area contributed by atoms with Crippen LogP contribution in [0.5, 0.6) is 5.75 Å². The third kappa shape index (κ3) is 4.64. The van der Waals surface area contributed by atoms with E-state index < -0.39 is 5.91 Å². The number of para-hydroxylation sites is 1. The molecule has 0 heterocycles. The largest absolute Gasteiger partial charge is 0.497 e. The first kappa shape index (κ1) is 19.1. The summed E-state index contributed by atoms with van der Waals surface area (Å²) < 4.78 is 5.16. The van der Waals surface area contributed by atoms with Gasteiger partial charge in [0, 0.05) is 23.6 Å². The number of carbonyl (C=O) groups is 1. The van der Waals surface area contributed by atoms with E-state index in [-0.39, 0.29) is 11.5 Å². The Hall–Kier alpha value is -3.26. The predicted molar refractivity (Wildman–Crippen MR) is 104 cm³/mol. The zero-order chi connectivity index (χ0) is 19.1. The van der Waals surface area contributed by atoms with Gasteiger partial charge in [0.05, 0.1) is 7.11 Å². The van der Waals surface area contributed by atoms with Gasteiger partial charge in [-0.25, -0.2) is 0 Å². The zero-order valence-corrected chi connectivity index (χ0v) is 15.5. The molecule has 0 aromatic heterocycles. The number of nitriles is 1. The minimum Gasteiger partial charge on any atom is -0.497 e. The molecule has 134 valence electrons. The number of amides is 1. The van der Waals surface area contributed by atoms with E-state index in [9.17, 15) is 10.1 Å². The molecule has 2 N–H and O–H groups in total. The number of aryl methyl sites for hydroxylation is 1. The van der Waals surface area contributed by atoms with E-state index in [1.807, 2.05) is 49.4 Å². The van der Waals surface area contributed by atoms with Crippen LogP contribution >= 0.6 is 0 Å². The van der Waals surface area contributed by atoms with Crippen LogP contribution in [-0.2, 0) is 4.79 Å². The lowest BCUT2D eigenvalue weighted by atomic mass is 9.98. The summed E-state index contributed by atoms with van der Waals surface area (Å²) in [4.78, 5) is 12.5. The molecule has 0 spiro atoms. The summed E-state index contributed by atoms with van der Waals surface area (Å²) in [6.07, 6.45) is 1.40. The molecule has 26 heavy (non-hydrogen) atoms. The molecule has 0 aliphatic heterocycles. The summed E-state index contributed by atoms with van der Waals surface area (Å²) in [5.41, 5.74) is 3.48. The summed E-state index contributed by atoms with van der Waals surface area (Å²) in [5, 5.41) is 15.2. The van der Waals surface area contributed by atoms with Gasteiger partial charge in [0.2, 0.25) is 0 Å². The fourth-order valence-electron chi connectivity index (χ4n) is 2.54. The molecule has 0 bridgehead atoms. The van der Waals surface area contributed by atoms with Gasteiger partial charge in [-0.1, -0.05) is 38.1 Å². The maximum absolute atomic E-state index is 12.5. The van der Waals surface area contributed by atoms with Gasteiger partial charge in [-0.2, -0.15) is 5.26 Å². The highest BCUT2D eigenvalue weighted by Gasteiger charge is 2.15. The second-order valence-electron chi connectivity index (χ2n) is 6.19. The molecule has 5 nitrogen and oxygen atoms in total. The first-order valence-corrected chi connectivity index (χ1v) is 8.38. The summed E-state index contributed by atoms with van der Waals surface area (Å²) in [6.45, 7) is 6.07. The highest BCUT2D eigenvalue weighted by molar-refractivity contribution is 6.07. The van der Waals surface area contributed by atoms with Gasteiger partial charge < -0.3 is 15.4 Å². The number of benzene rings is 2. The number of carbonyl (C=O) groups excluding carboxylic acids is 1. The molecule has 2 aromatic rings. The average Bonchev–Trinajstić information content (AvgIpc) is 2.63. The van der Waals surface area contributed by atoms with Gasteiger partial charge in [-0.3, -0.25) is 4.79 Å². The Morgan fingerprint density at radius 2 is 1.96 bits per heavy atom. The highest BCUT2D eigenvalue weighted by Crippen LogP contribution is 2.27. The van der Waals surface area contributed by atoms with E-state index in [4.69, 9.17) is 4.74 Å². The Bertz CT molecular complexity index is 864. The van der Waals surface area contributed by atoms with E-state index in [1.54, 1.807) is 13.2 Å². The number of ether oxygens (including phenoxy) is 1. The molecule has 5 heteroatoms. The number of methoxy groups -OCH3 is 1. The molecule has 0 saturated carbocycles. The molecule has 0 aliphatic carbocycles. The Balaban J connectivity index is 2.20. The van der Waals surface area contributed by atoms with E-state index in [0.717, 1.165) is 22.5 Å². The van der Waals surface area contributed by atoms with Crippen molar-refractivity contribution in [2.45, 2.75) is 26.7 Å². The standard InChI is InChI=1S/C21H23N3O2/c1-14(2)19-10-5-7-15(3)20(19)24-21(25)16(12-22)13-23-17-8-6-9-18(11-17)26-4/h5-11,13-14,23H,1-4H3,(H,24,25)/b16-13-. The Morgan fingerprint density at radius 3 is 2.62 bits per heavy atom. The summed E-state index contributed by atoms with van der Waals surface area (Å²) in [5.74, 6) is 0.501. The molecule has 0 saturated heterocycles. The van der Waals surface area contributed by atoms with Crippen molar-refractivity contribution in [2.75, 3.05) is 17.7 Å². The third-order valence-electron chi connectivity index (χ3n) is 3.98. The molecule has 0 aliphatic rings. The van der Waals surface area contributed by atoms with Crippen molar-refractivity contribution in [3.05, 3.63) is 65.4 Å². The first-order chi connectivity index (χ1) is 12.5. The number of hydrogen-bond acceptors (Lipinski definition) is 4. The molecule has 0 fully saturated rings. The summed E-state index contributed by atoms with van der Waals surface area (Å²) >= 11 is 0. The van der Waals surface area contributed by atoms with Crippen LogP contribution in [0.15, 0.2) is 54.2 Å². The number of rotatable bonds is 6. The number of hydrogen-bond donors (Lipinski definition) is 2. The van der Waals surface area contributed by atoms with Crippen molar-refractivity contribution in [1.29, 1.82) is 5.26 Å². The number of nitrogens with one attached hydrogen (secondary N) is 2. The quantitative estimate of drug-likeness (QED) is 0.591. The molecule has 2 rings (SSSR count). The fourth-order valence-corrected chi connectivity index (χ4v) is 2.54. The Kier molecular flexibility index (Phi) is 6.40. The topological polar surface area (TPSA) is 74.1 Å². The fraction of sp³-hybridized carbons (Fsp3) is 0.238. The maximum Gasteiger partial charge on any atom is 0.267 e. The van der Waals surface area contributed by atoms with Gasteiger partial charge >= 0.3 is 0 Å². The van der Waals surface area contributed by atoms with Gasteiger partial charge in [-0.15, -0.1) is 0 Å². The SMILES string of the molecule is COc1cccc(N/C=C(/C#N)C(=O)Nc2c(C)cccc2C(C)C)c1. The van der Waals surface area contributed by atoms with Gasteiger partial charge in [0.1, 0.15) is 17.4 Å². The number of anilines is 2. The second-order valence-corrected chi connectivity index (χ2v) is 6.19. The molecular weight excluding hydrogens is 326 g/mol. The molecule has 2 aromatic carbocycles. The van der Waals surface area contributed by atoms with Crippen LogP contribution < -0.4 is 15.4 Å². The molecule has 0 radical (unpaired) electrons. The molecule has 0 atom stereocenters. The normalized spacial score (nSPS) is 11.0. The lowest BCUT2D eigenvalue weighted by Crippen LogP contribution is -2.17. The molecular formula is C21H23N3O2. The van der Waals surface area contributed by atoms with E-state index >= 15 is 0 Å². The number of nitrogens with zero attached hydrogens (tertiary/aromatic N) is 1. The molecule has 1 amide bonds. The second kappa shape index (κ2) is 8.72. The van der Waals surface area contributed by atoms with E-state index in [0.29, 0.717) is 5.75 Å². The van der Waals surface area contributed by atoms with Crippen LogP contribution in [0.4, 0.5) is 11.4 Å². The van der Waals surface area contributed by atoms with E-state index in [2.05, 4.69) is 24.5 Å². The lowest BCUT2D eigenvalue weighted by Gasteiger charge is -2.16. The summed E-state index contributed by atoms with van der Waals surface area (Å²) in [7, 11) is 1.58. The van der Waals surface area contributed by atoms with Crippen molar-refractivity contribution < 1.29 is 9.53 Å². The smallest absolute Gasteiger partial charge is 0.267 e. The minimum absolute atomic E-state index is 0.00854. The highest BCUT2D eigenvalue weighted by atomic mass is 16.5. The van der Waals surface area contributed by atoms with Crippen molar-refractivity contribution in [1.82, 2.24) is 0 Å². The van der Waals surface area contributed by atoms with Crippen LogP contribution in [0.25, 0.3) is 0 Å². The van der Waals surface area contributed by atoms with E-state index in [1.165, 1.54) is 6.20 Å². The van der Waals surface area contributed by atoms with Crippen LogP contribution in [0, 0.1) is 18.3 Å². The monoisotopic (exact) mass is 349 g/mol. The third-order valence-corrected chi connectivity index (χ3v) is 3.98. The molecule has 0 unspecified atom stereocenters. The van der Waals surface area contributed by atoms with Crippen molar-refractivity contribution >= 4 is 17.3 Å². The van der Waals surface area contributed by atoms with Gasteiger partial charge in [-0.05, 0) is 36.1 Å². The minimum atomic E-state index is -0.445. The van der Waals surface area contributed by atoms with Gasteiger partial charge in [0.15, 0.2) is 0 Å².